The highest BCUT2D eigenvalue weighted by atomic mass is 19.1. The van der Waals surface area contributed by atoms with E-state index in [-0.39, 0.29) is 11.2 Å². The van der Waals surface area contributed by atoms with E-state index in [1.165, 1.54) is 6.07 Å². The number of rotatable bonds is 6. The average molecular weight is 462 g/mol. The smallest absolute Gasteiger partial charge is 0.272 e. The molecular formula is C23H23FN8O2. The fraction of sp³-hybridized carbons (Fsp3) is 0.217. The van der Waals surface area contributed by atoms with Crippen LogP contribution in [0.3, 0.4) is 0 Å². The van der Waals surface area contributed by atoms with Crippen LogP contribution in [0.15, 0.2) is 53.6 Å². The van der Waals surface area contributed by atoms with Gasteiger partial charge in [-0.25, -0.2) is 14.4 Å². The summed E-state index contributed by atoms with van der Waals surface area (Å²) in [7, 11) is 1.61. The molecule has 34 heavy (non-hydrogen) atoms. The highest BCUT2D eigenvalue weighted by molar-refractivity contribution is 5.82. The van der Waals surface area contributed by atoms with Crippen LogP contribution < -0.4 is 31.1 Å². The van der Waals surface area contributed by atoms with E-state index in [1.54, 1.807) is 43.8 Å². The number of H-pyrrole nitrogens is 1. The van der Waals surface area contributed by atoms with Crippen molar-refractivity contribution in [3.63, 3.8) is 0 Å². The lowest BCUT2D eigenvalue weighted by atomic mass is 10.2. The summed E-state index contributed by atoms with van der Waals surface area (Å²) in [6, 6.07) is 9.66. The molecule has 1 aromatic carbocycles. The summed E-state index contributed by atoms with van der Waals surface area (Å²) in [5, 5.41) is 9.98. The summed E-state index contributed by atoms with van der Waals surface area (Å²) in [6.45, 7) is 3.50. The molecule has 5 rings (SSSR count). The second kappa shape index (κ2) is 9.32. The molecule has 4 aromatic rings. The van der Waals surface area contributed by atoms with Gasteiger partial charge in [-0.05, 0) is 18.2 Å². The van der Waals surface area contributed by atoms with Gasteiger partial charge in [-0.1, -0.05) is 12.1 Å². The van der Waals surface area contributed by atoms with Crippen molar-refractivity contribution in [2.75, 3.05) is 48.8 Å². The monoisotopic (exact) mass is 462 g/mol. The fourth-order valence-corrected chi connectivity index (χ4v) is 3.81. The summed E-state index contributed by atoms with van der Waals surface area (Å²) in [4.78, 5) is 30.4. The average Bonchev–Trinajstić information content (AvgIpc) is 2.86. The van der Waals surface area contributed by atoms with Gasteiger partial charge in [0.2, 0.25) is 5.95 Å². The Morgan fingerprint density at radius 2 is 1.97 bits per heavy atom. The van der Waals surface area contributed by atoms with Crippen LogP contribution in [-0.4, -0.2) is 53.2 Å². The highest BCUT2D eigenvalue weighted by Crippen LogP contribution is 2.29. The number of fused-ring (bicyclic) bond motifs is 1. The van der Waals surface area contributed by atoms with Gasteiger partial charge in [-0.3, -0.25) is 4.79 Å². The molecule has 1 aliphatic rings. The van der Waals surface area contributed by atoms with Gasteiger partial charge in [0.15, 0.2) is 11.6 Å². The molecule has 4 N–H and O–H groups in total. The first kappa shape index (κ1) is 21.6. The number of nitrogens with zero attached hydrogens (tertiary/aromatic N) is 4. The molecule has 1 saturated heterocycles. The van der Waals surface area contributed by atoms with Gasteiger partial charge in [-0.15, -0.1) is 0 Å². The maximum atomic E-state index is 13.9. The Bertz CT molecular complexity index is 1390. The SMILES string of the molecule is COc1cc(Nc2nccc(Nc3cc4cccc(F)c4[nH]c3=O)n2)cnc1N1CCNCC1. The van der Waals surface area contributed by atoms with Gasteiger partial charge in [0.05, 0.1) is 24.5 Å². The number of anilines is 5. The number of para-hydroxylation sites is 1. The Morgan fingerprint density at radius 3 is 2.79 bits per heavy atom. The number of pyridine rings is 2. The first-order valence-corrected chi connectivity index (χ1v) is 10.8. The number of piperazine rings is 1. The zero-order valence-electron chi connectivity index (χ0n) is 18.4. The fourth-order valence-electron chi connectivity index (χ4n) is 3.81. The number of ether oxygens (including phenoxy) is 1. The molecule has 0 radical (unpaired) electrons. The molecule has 3 aromatic heterocycles. The molecule has 0 spiro atoms. The van der Waals surface area contributed by atoms with Crippen LogP contribution in [0.4, 0.5) is 33.3 Å². The minimum Gasteiger partial charge on any atom is -0.493 e. The van der Waals surface area contributed by atoms with Gasteiger partial charge < -0.3 is 30.6 Å². The van der Waals surface area contributed by atoms with Crippen molar-refractivity contribution in [1.29, 1.82) is 0 Å². The lowest BCUT2D eigenvalue weighted by molar-refractivity contribution is 0.411. The topological polar surface area (TPSA) is 120 Å². The molecule has 0 saturated carbocycles. The molecular weight excluding hydrogens is 439 g/mol. The predicted molar refractivity (Wildman–Crippen MR) is 129 cm³/mol. The predicted octanol–water partition coefficient (Wildman–Crippen LogP) is 2.76. The van der Waals surface area contributed by atoms with Gasteiger partial charge in [-0.2, -0.15) is 4.98 Å². The number of aromatic amines is 1. The van der Waals surface area contributed by atoms with Crippen molar-refractivity contribution in [3.8, 4) is 5.75 Å². The van der Waals surface area contributed by atoms with E-state index in [0.29, 0.717) is 28.6 Å². The van der Waals surface area contributed by atoms with E-state index in [4.69, 9.17) is 4.74 Å². The first-order valence-electron chi connectivity index (χ1n) is 10.8. The van der Waals surface area contributed by atoms with Gasteiger partial charge >= 0.3 is 0 Å². The molecule has 11 heteroatoms. The third kappa shape index (κ3) is 4.46. The standard InChI is InChI=1S/C23H23FN8O2/c1-34-18-12-15(13-27-21(18)32-9-7-25-8-10-32)28-23-26-6-5-19(30-23)29-17-11-14-3-2-4-16(24)20(14)31-22(17)33/h2-6,11-13,25H,7-10H2,1H3,(H,31,33)(H2,26,28,29,30). The van der Waals surface area contributed by atoms with Crippen LogP contribution in [0.2, 0.25) is 0 Å². The van der Waals surface area contributed by atoms with E-state index in [0.717, 1.165) is 32.0 Å². The number of aromatic nitrogens is 4. The number of halogens is 1. The van der Waals surface area contributed by atoms with Gasteiger partial charge in [0.1, 0.15) is 17.3 Å². The molecule has 0 aliphatic carbocycles. The van der Waals surface area contributed by atoms with Crippen LogP contribution in [0.1, 0.15) is 0 Å². The van der Waals surface area contributed by atoms with Crippen molar-refractivity contribution >= 4 is 39.9 Å². The van der Waals surface area contributed by atoms with Crippen molar-refractivity contribution in [2.24, 2.45) is 0 Å². The van der Waals surface area contributed by atoms with E-state index >= 15 is 0 Å². The molecule has 4 heterocycles. The summed E-state index contributed by atoms with van der Waals surface area (Å²) < 4.78 is 19.5. The second-order valence-electron chi connectivity index (χ2n) is 7.72. The maximum Gasteiger partial charge on any atom is 0.272 e. The van der Waals surface area contributed by atoms with Gasteiger partial charge in [0.25, 0.3) is 5.56 Å². The molecule has 174 valence electrons. The Kier molecular flexibility index (Phi) is 5.91. The minimum atomic E-state index is -0.485. The number of nitrogens with one attached hydrogen (secondary N) is 4. The Labute approximate surface area is 194 Å². The molecule has 10 nitrogen and oxygen atoms in total. The summed E-state index contributed by atoms with van der Waals surface area (Å²) >= 11 is 0. The van der Waals surface area contributed by atoms with Crippen molar-refractivity contribution in [2.45, 2.75) is 0 Å². The van der Waals surface area contributed by atoms with Crippen LogP contribution in [0.5, 0.6) is 5.75 Å². The van der Waals surface area contributed by atoms with Crippen LogP contribution >= 0.6 is 0 Å². The second-order valence-corrected chi connectivity index (χ2v) is 7.72. The number of benzene rings is 1. The largest absolute Gasteiger partial charge is 0.493 e. The normalized spacial score (nSPS) is 13.6. The molecule has 1 aliphatic heterocycles. The number of hydrogen-bond donors (Lipinski definition) is 4. The zero-order valence-corrected chi connectivity index (χ0v) is 18.4. The number of hydrogen-bond acceptors (Lipinski definition) is 9. The molecule has 0 atom stereocenters. The van der Waals surface area contributed by atoms with E-state index in [1.807, 2.05) is 6.07 Å². The van der Waals surface area contributed by atoms with Crippen molar-refractivity contribution in [3.05, 3.63) is 65.0 Å². The quantitative estimate of drug-likeness (QED) is 0.343. The third-order valence-corrected chi connectivity index (χ3v) is 5.47. The Morgan fingerprint density at radius 1 is 1.12 bits per heavy atom. The Hall–Kier alpha value is -4.25. The van der Waals surface area contributed by atoms with E-state index < -0.39 is 11.4 Å². The Balaban J connectivity index is 1.36. The highest BCUT2D eigenvalue weighted by Gasteiger charge is 2.17. The van der Waals surface area contributed by atoms with Crippen molar-refractivity contribution < 1.29 is 9.13 Å². The lowest BCUT2D eigenvalue weighted by Crippen LogP contribution is -2.44. The first-order chi connectivity index (χ1) is 16.6. The molecule has 1 fully saturated rings. The van der Waals surface area contributed by atoms with Crippen LogP contribution in [-0.2, 0) is 0 Å². The maximum absolute atomic E-state index is 13.9. The van der Waals surface area contributed by atoms with Gasteiger partial charge in [0, 0.05) is 43.8 Å². The minimum absolute atomic E-state index is 0.161. The van der Waals surface area contributed by atoms with Crippen LogP contribution in [0, 0.1) is 5.82 Å². The number of methoxy groups -OCH3 is 1. The molecule has 0 unspecified atom stereocenters. The summed E-state index contributed by atoms with van der Waals surface area (Å²) in [5.74, 6) is 1.67. The third-order valence-electron chi connectivity index (χ3n) is 5.47. The summed E-state index contributed by atoms with van der Waals surface area (Å²) in [6.07, 6.45) is 3.26. The van der Waals surface area contributed by atoms with E-state index in [2.05, 4.69) is 40.8 Å². The lowest BCUT2D eigenvalue weighted by Gasteiger charge is -2.29. The molecule has 0 bridgehead atoms. The van der Waals surface area contributed by atoms with Crippen molar-refractivity contribution in [1.82, 2.24) is 25.3 Å². The zero-order chi connectivity index (χ0) is 23.5. The van der Waals surface area contributed by atoms with E-state index in [9.17, 15) is 9.18 Å². The van der Waals surface area contributed by atoms with Crippen LogP contribution in [0.25, 0.3) is 10.9 Å². The molecule has 0 amide bonds. The summed E-state index contributed by atoms with van der Waals surface area (Å²) in [5.41, 5.74) is 0.607.